The van der Waals surface area contributed by atoms with Gasteiger partial charge in [0, 0.05) is 7.05 Å². The number of guanidine groups is 1. The van der Waals surface area contributed by atoms with E-state index in [2.05, 4.69) is 4.99 Å². The molecule has 30 heavy (non-hydrogen) atoms. The predicted octanol–water partition coefficient (Wildman–Crippen LogP) is 3.39. The van der Waals surface area contributed by atoms with Gasteiger partial charge >= 0.3 is 5.97 Å². The summed E-state index contributed by atoms with van der Waals surface area (Å²) in [7, 11) is 1.61. The van der Waals surface area contributed by atoms with Crippen molar-refractivity contribution in [3.8, 4) is 11.1 Å². The lowest BCUT2D eigenvalue weighted by molar-refractivity contribution is -0.129. The smallest absolute Gasteiger partial charge is 0.335 e. The van der Waals surface area contributed by atoms with Gasteiger partial charge in [0.15, 0.2) is 11.5 Å². The number of likely N-dealkylation sites (N-methyl/N-ethyl adjacent to an activating group) is 1. The van der Waals surface area contributed by atoms with Gasteiger partial charge in [0.25, 0.3) is 5.91 Å². The highest BCUT2D eigenvalue weighted by Crippen LogP contribution is 2.40. The number of nitrogens with zero attached hydrogens (tertiary/aromatic N) is 2. The lowest BCUT2D eigenvalue weighted by Crippen LogP contribution is -2.41. The molecule has 1 aliphatic rings. The molecule has 4 rings (SSSR count). The van der Waals surface area contributed by atoms with Crippen molar-refractivity contribution in [2.75, 3.05) is 7.05 Å². The van der Waals surface area contributed by atoms with Gasteiger partial charge in [0.1, 0.15) is 0 Å². The number of carbonyl (C=O) groups is 2. The lowest BCUT2D eigenvalue weighted by atomic mass is 9.81. The lowest BCUT2D eigenvalue weighted by Gasteiger charge is -2.26. The van der Waals surface area contributed by atoms with Crippen LogP contribution in [0.25, 0.3) is 11.1 Å². The van der Waals surface area contributed by atoms with Crippen molar-refractivity contribution in [1.29, 1.82) is 0 Å². The summed E-state index contributed by atoms with van der Waals surface area (Å²) in [6.07, 6.45) is 0. The second-order valence-electron chi connectivity index (χ2n) is 7.27. The van der Waals surface area contributed by atoms with E-state index in [4.69, 9.17) is 5.73 Å². The molecule has 1 aliphatic heterocycles. The first kappa shape index (κ1) is 19.4. The minimum Gasteiger partial charge on any atom is -0.478 e. The maximum Gasteiger partial charge on any atom is 0.335 e. The fourth-order valence-electron chi connectivity index (χ4n) is 3.96. The van der Waals surface area contributed by atoms with Crippen molar-refractivity contribution in [3.63, 3.8) is 0 Å². The Morgan fingerprint density at radius 3 is 2.30 bits per heavy atom. The maximum absolute atomic E-state index is 13.4. The Balaban J connectivity index is 1.94. The Morgan fingerprint density at radius 1 is 1.00 bits per heavy atom. The summed E-state index contributed by atoms with van der Waals surface area (Å²) in [6, 6.07) is 22.0. The van der Waals surface area contributed by atoms with E-state index < -0.39 is 11.5 Å². The van der Waals surface area contributed by atoms with Crippen LogP contribution in [0.3, 0.4) is 0 Å². The number of benzene rings is 3. The SMILES string of the molecule is Cc1c(C(=O)O)cccc1-c1cccc(C2(c3ccccc3)N=C(N)N(C)C2=O)c1. The van der Waals surface area contributed by atoms with E-state index in [1.54, 1.807) is 26.1 Å². The number of rotatable bonds is 4. The minimum absolute atomic E-state index is 0.151. The quantitative estimate of drug-likeness (QED) is 0.703. The molecule has 0 bridgehead atoms. The Kier molecular flexibility index (Phi) is 4.62. The van der Waals surface area contributed by atoms with Gasteiger partial charge in [-0.25, -0.2) is 9.79 Å². The largest absolute Gasteiger partial charge is 0.478 e. The first-order chi connectivity index (χ1) is 14.4. The topological polar surface area (TPSA) is 96.0 Å². The van der Waals surface area contributed by atoms with Crippen LogP contribution in [0.4, 0.5) is 0 Å². The van der Waals surface area contributed by atoms with E-state index in [0.29, 0.717) is 11.1 Å². The summed E-state index contributed by atoms with van der Waals surface area (Å²) in [5.41, 5.74) is 8.64. The third kappa shape index (κ3) is 2.85. The normalized spacial score (nSPS) is 18.4. The Morgan fingerprint density at radius 2 is 1.67 bits per heavy atom. The maximum atomic E-state index is 13.4. The molecule has 150 valence electrons. The van der Waals surface area contributed by atoms with Gasteiger partial charge in [-0.05, 0) is 46.9 Å². The highest BCUT2D eigenvalue weighted by atomic mass is 16.4. The van der Waals surface area contributed by atoms with Crippen molar-refractivity contribution < 1.29 is 14.7 Å². The van der Waals surface area contributed by atoms with Gasteiger partial charge in [-0.1, -0.05) is 60.7 Å². The number of hydrogen-bond donors (Lipinski definition) is 2. The van der Waals surface area contributed by atoms with E-state index >= 15 is 0 Å². The molecule has 1 heterocycles. The molecular weight excluding hydrogens is 378 g/mol. The molecule has 0 spiro atoms. The molecule has 6 heteroatoms. The van der Waals surface area contributed by atoms with Crippen molar-refractivity contribution in [2.45, 2.75) is 12.5 Å². The first-order valence-electron chi connectivity index (χ1n) is 9.49. The number of amides is 1. The van der Waals surface area contributed by atoms with Crippen LogP contribution in [0.2, 0.25) is 0 Å². The monoisotopic (exact) mass is 399 g/mol. The predicted molar refractivity (Wildman–Crippen MR) is 115 cm³/mol. The van der Waals surface area contributed by atoms with E-state index in [9.17, 15) is 14.7 Å². The van der Waals surface area contributed by atoms with Crippen molar-refractivity contribution >= 4 is 17.8 Å². The molecule has 3 N–H and O–H groups in total. The number of carboxylic acids is 1. The number of aromatic carboxylic acids is 1. The molecule has 0 aliphatic carbocycles. The number of aliphatic imine (C=N–C) groups is 1. The van der Waals surface area contributed by atoms with Gasteiger partial charge in [-0.2, -0.15) is 0 Å². The average Bonchev–Trinajstić information content (AvgIpc) is 2.99. The van der Waals surface area contributed by atoms with Crippen LogP contribution < -0.4 is 5.73 Å². The second kappa shape index (κ2) is 7.15. The van der Waals surface area contributed by atoms with Gasteiger partial charge in [-0.3, -0.25) is 9.69 Å². The highest BCUT2D eigenvalue weighted by Gasteiger charge is 2.49. The fraction of sp³-hybridized carbons (Fsp3) is 0.125. The van der Waals surface area contributed by atoms with Crippen LogP contribution in [-0.2, 0) is 10.3 Å². The summed E-state index contributed by atoms with van der Waals surface area (Å²) in [4.78, 5) is 30.9. The van der Waals surface area contributed by atoms with E-state index in [0.717, 1.165) is 16.7 Å². The Hall–Kier alpha value is -3.93. The summed E-state index contributed by atoms with van der Waals surface area (Å²) < 4.78 is 0. The highest BCUT2D eigenvalue weighted by molar-refractivity contribution is 6.09. The average molecular weight is 399 g/mol. The molecule has 3 aromatic carbocycles. The van der Waals surface area contributed by atoms with Gasteiger partial charge in [0.05, 0.1) is 5.56 Å². The van der Waals surface area contributed by atoms with E-state index in [1.807, 2.05) is 60.7 Å². The molecule has 0 fully saturated rings. The summed E-state index contributed by atoms with van der Waals surface area (Å²) in [6.45, 7) is 1.78. The minimum atomic E-state index is -1.28. The number of hydrogen-bond acceptors (Lipinski definition) is 4. The second-order valence-corrected chi connectivity index (χ2v) is 7.27. The molecule has 6 nitrogen and oxygen atoms in total. The van der Waals surface area contributed by atoms with Gasteiger partial charge in [0.2, 0.25) is 0 Å². The molecule has 0 saturated carbocycles. The van der Waals surface area contributed by atoms with Crippen LogP contribution in [0.5, 0.6) is 0 Å². The number of nitrogens with two attached hydrogens (primary N) is 1. The van der Waals surface area contributed by atoms with Crippen LogP contribution in [0, 0.1) is 6.92 Å². The van der Waals surface area contributed by atoms with Crippen LogP contribution >= 0.6 is 0 Å². The molecule has 0 aromatic heterocycles. The zero-order valence-corrected chi connectivity index (χ0v) is 16.7. The van der Waals surface area contributed by atoms with Crippen LogP contribution in [0.15, 0.2) is 77.8 Å². The molecule has 0 radical (unpaired) electrons. The standard InChI is InChI=1S/C24H21N3O3/c1-15-19(12-7-13-20(15)21(28)29)16-8-6-11-18(14-16)24(17-9-4-3-5-10-17)22(30)27(2)23(25)26-24/h3-14H,1-2H3,(H2,25,26)(H,28,29). The third-order valence-corrected chi connectivity index (χ3v) is 5.59. The summed E-state index contributed by atoms with van der Waals surface area (Å²) in [5.74, 6) is -1.06. The summed E-state index contributed by atoms with van der Waals surface area (Å²) in [5, 5.41) is 9.47. The third-order valence-electron chi connectivity index (χ3n) is 5.59. The van der Waals surface area contributed by atoms with Crippen LogP contribution in [-0.4, -0.2) is 34.9 Å². The molecule has 1 unspecified atom stereocenters. The zero-order valence-electron chi connectivity index (χ0n) is 16.7. The summed E-state index contributed by atoms with van der Waals surface area (Å²) >= 11 is 0. The van der Waals surface area contributed by atoms with Crippen molar-refractivity contribution in [2.24, 2.45) is 10.7 Å². The van der Waals surface area contributed by atoms with Gasteiger partial charge < -0.3 is 10.8 Å². The number of carbonyl (C=O) groups excluding carboxylic acids is 1. The van der Waals surface area contributed by atoms with Crippen molar-refractivity contribution in [1.82, 2.24) is 4.90 Å². The molecule has 1 amide bonds. The zero-order chi connectivity index (χ0) is 21.5. The molecule has 1 atom stereocenters. The van der Waals surface area contributed by atoms with Gasteiger partial charge in [-0.15, -0.1) is 0 Å². The molecule has 3 aromatic rings. The Labute approximate surface area is 174 Å². The van der Waals surface area contributed by atoms with Crippen molar-refractivity contribution in [3.05, 3.63) is 95.1 Å². The molecule has 0 saturated heterocycles. The van der Waals surface area contributed by atoms with E-state index in [-0.39, 0.29) is 17.4 Å². The fourth-order valence-corrected chi connectivity index (χ4v) is 3.96. The Bertz CT molecular complexity index is 1190. The first-order valence-corrected chi connectivity index (χ1v) is 9.49. The van der Waals surface area contributed by atoms with E-state index in [1.165, 1.54) is 4.90 Å². The number of carboxylic acid groups (broad SMARTS) is 1. The molecular formula is C24H21N3O3. The van der Waals surface area contributed by atoms with Crippen LogP contribution in [0.1, 0.15) is 27.0 Å².